The molecule has 4 rings (SSSR count). The van der Waals surface area contributed by atoms with Crippen LogP contribution < -0.4 is 4.90 Å². The molecule has 1 N–H and O–H groups in total. The molecule has 3 aliphatic rings. The number of halogens is 1. The van der Waals surface area contributed by atoms with Crippen molar-refractivity contribution in [1.29, 1.82) is 0 Å². The molecule has 34 heavy (non-hydrogen) atoms. The molecule has 3 heterocycles. The summed E-state index contributed by atoms with van der Waals surface area (Å²) in [5, 5.41) is 10.1. The Morgan fingerprint density at radius 3 is 2.74 bits per heavy atom. The van der Waals surface area contributed by atoms with Crippen LogP contribution in [0, 0.1) is 17.8 Å². The van der Waals surface area contributed by atoms with Gasteiger partial charge in [0.25, 0.3) is 5.91 Å². The van der Waals surface area contributed by atoms with Gasteiger partial charge in [0, 0.05) is 13.1 Å². The van der Waals surface area contributed by atoms with E-state index in [0.29, 0.717) is 17.1 Å². The fraction of sp³-hybridized carbons (Fsp3) is 0.560. The summed E-state index contributed by atoms with van der Waals surface area (Å²) in [5.41, 5.74) is -1.67. The summed E-state index contributed by atoms with van der Waals surface area (Å²) in [7, 11) is 0. The number of para-hydroxylation sites is 1. The van der Waals surface area contributed by atoms with Crippen LogP contribution in [0.2, 0.25) is 5.02 Å². The van der Waals surface area contributed by atoms with Crippen LogP contribution in [-0.2, 0) is 23.9 Å². The lowest BCUT2D eigenvalue weighted by atomic mass is 9.62. The van der Waals surface area contributed by atoms with Gasteiger partial charge in [-0.3, -0.25) is 14.4 Å². The molecule has 3 aliphatic heterocycles. The second-order valence-electron chi connectivity index (χ2n) is 9.40. The minimum atomic E-state index is -1.21. The Kier molecular flexibility index (Phi) is 6.52. The molecule has 3 unspecified atom stereocenters. The number of anilines is 1. The van der Waals surface area contributed by atoms with Gasteiger partial charge in [0.05, 0.1) is 35.4 Å². The fourth-order valence-corrected chi connectivity index (χ4v) is 6.45. The Bertz CT molecular complexity index is 1020. The zero-order valence-corrected chi connectivity index (χ0v) is 20.5. The molecule has 184 valence electrons. The van der Waals surface area contributed by atoms with E-state index in [-0.39, 0.29) is 38.1 Å². The molecular formula is C25H31ClN2O6. The number of carbonyl (C=O) groups is 3. The highest BCUT2D eigenvalue weighted by Gasteiger charge is 2.80. The van der Waals surface area contributed by atoms with Crippen LogP contribution in [0.4, 0.5) is 5.69 Å². The largest absolute Gasteiger partial charge is 0.466 e. The van der Waals surface area contributed by atoms with Crippen LogP contribution in [0.5, 0.6) is 0 Å². The summed E-state index contributed by atoms with van der Waals surface area (Å²) in [6, 6.07) is 5.92. The molecule has 3 saturated heterocycles. The number of β-amino-alcohol motifs (C(OH)–C–C–N with tert-alkyl or cyclic N) is 1. The van der Waals surface area contributed by atoms with Gasteiger partial charge < -0.3 is 24.4 Å². The molecule has 2 amide bonds. The highest BCUT2D eigenvalue weighted by molar-refractivity contribution is 6.34. The van der Waals surface area contributed by atoms with E-state index in [2.05, 4.69) is 6.58 Å². The number of likely N-dealkylation sites (tertiary alicyclic amines) is 1. The first-order chi connectivity index (χ1) is 16.2. The first-order valence-electron chi connectivity index (χ1n) is 11.6. The number of esters is 1. The summed E-state index contributed by atoms with van der Waals surface area (Å²) in [5.74, 6) is -3.07. The Morgan fingerprint density at radius 1 is 1.41 bits per heavy atom. The van der Waals surface area contributed by atoms with E-state index in [1.54, 1.807) is 37.3 Å². The number of fused-ring (bicyclic) bond motifs is 1. The molecule has 3 fully saturated rings. The third-order valence-electron chi connectivity index (χ3n) is 7.65. The molecule has 0 radical (unpaired) electrons. The minimum Gasteiger partial charge on any atom is -0.466 e. The van der Waals surface area contributed by atoms with Gasteiger partial charge in [0.1, 0.15) is 17.6 Å². The highest BCUT2D eigenvalue weighted by Crippen LogP contribution is 2.65. The van der Waals surface area contributed by atoms with Gasteiger partial charge in [-0.15, -0.1) is 6.58 Å². The van der Waals surface area contributed by atoms with E-state index in [0.717, 1.165) is 0 Å². The predicted molar refractivity (Wildman–Crippen MR) is 126 cm³/mol. The maximum Gasteiger partial charge on any atom is 0.312 e. The molecule has 1 spiro atoms. The monoisotopic (exact) mass is 490 g/mol. The number of nitrogens with zero attached hydrogens (tertiary/aromatic N) is 2. The molecule has 8 nitrogen and oxygen atoms in total. The lowest BCUT2D eigenvalue weighted by molar-refractivity contribution is -0.161. The van der Waals surface area contributed by atoms with E-state index in [4.69, 9.17) is 21.1 Å². The second kappa shape index (κ2) is 8.98. The van der Waals surface area contributed by atoms with Crippen molar-refractivity contribution in [3.05, 3.63) is 41.9 Å². The Labute approximate surface area is 204 Å². The standard InChI is InChI=1S/C25H31ClN2O6/c1-5-11-27(17-10-8-7-9-16(17)26)22(31)20-25-14-15(3)24(4,34-25)19(23(32)33-6-2)18(25)21(30)28(20)12-13-29/h5,7-10,15,18-20,29H,1,6,11-14H2,2-4H3/t15?,18-,19-,20?,24+,25?/m0/s1. The molecule has 6 atom stereocenters. The lowest BCUT2D eigenvalue weighted by Crippen LogP contribution is -2.57. The number of aliphatic hydroxyl groups is 1. The molecule has 0 saturated carbocycles. The van der Waals surface area contributed by atoms with Crippen LogP contribution in [0.15, 0.2) is 36.9 Å². The van der Waals surface area contributed by atoms with Crippen LogP contribution in [0.3, 0.4) is 0 Å². The smallest absolute Gasteiger partial charge is 0.312 e. The number of aliphatic hydroxyl groups excluding tert-OH is 1. The fourth-order valence-electron chi connectivity index (χ4n) is 6.21. The van der Waals surface area contributed by atoms with Gasteiger partial charge in [-0.2, -0.15) is 0 Å². The zero-order chi connectivity index (χ0) is 24.8. The number of ether oxygens (including phenoxy) is 2. The van der Waals surface area contributed by atoms with Crippen molar-refractivity contribution in [2.75, 3.05) is 31.2 Å². The van der Waals surface area contributed by atoms with Gasteiger partial charge in [-0.25, -0.2) is 0 Å². The van der Waals surface area contributed by atoms with Gasteiger partial charge in [0.15, 0.2) is 0 Å². The van der Waals surface area contributed by atoms with E-state index >= 15 is 0 Å². The number of amides is 2. The number of carbonyl (C=O) groups excluding carboxylic acids is 3. The van der Waals surface area contributed by atoms with Crippen LogP contribution in [-0.4, -0.2) is 71.3 Å². The summed E-state index contributed by atoms with van der Waals surface area (Å²) in [4.78, 5) is 43.9. The Hall–Kier alpha value is -2.42. The quantitative estimate of drug-likeness (QED) is 0.444. The van der Waals surface area contributed by atoms with Gasteiger partial charge in [-0.1, -0.05) is 36.7 Å². The first-order valence-corrected chi connectivity index (χ1v) is 12.0. The average molecular weight is 491 g/mol. The molecule has 0 aromatic heterocycles. The van der Waals surface area contributed by atoms with Crippen molar-refractivity contribution in [3.63, 3.8) is 0 Å². The van der Waals surface area contributed by atoms with E-state index in [9.17, 15) is 19.5 Å². The summed E-state index contributed by atoms with van der Waals surface area (Å²) in [6.07, 6.45) is 2.01. The van der Waals surface area contributed by atoms with Gasteiger partial charge in [0.2, 0.25) is 5.91 Å². The number of hydrogen-bond donors (Lipinski definition) is 1. The van der Waals surface area contributed by atoms with Crippen LogP contribution in [0.1, 0.15) is 27.2 Å². The predicted octanol–water partition coefficient (Wildman–Crippen LogP) is 2.43. The first kappa shape index (κ1) is 24.7. The van der Waals surface area contributed by atoms with E-state index in [1.807, 2.05) is 13.8 Å². The summed E-state index contributed by atoms with van der Waals surface area (Å²) in [6.45, 7) is 9.24. The number of rotatable bonds is 8. The molecular weight excluding hydrogens is 460 g/mol. The Balaban J connectivity index is 1.84. The topological polar surface area (TPSA) is 96.4 Å². The second-order valence-corrected chi connectivity index (χ2v) is 9.81. The highest BCUT2D eigenvalue weighted by atomic mass is 35.5. The van der Waals surface area contributed by atoms with Crippen LogP contribution in [0.25, 0.3) is 0 Å². The summed E-state index contributed by atoms with van der Waals surface area (Å²) < 4.78 is 11.9. The third-order valence-corrected chi connectivity index (χ3v) is 7.97. The minimum absolute atomic E-state index is 0.0536. The Morgan fingerprint density at radius 2 is 2.12 bits per heavy atom. The van der Waals surface area contributed by atoms with Crippen molar-refractivity contribution >= 4 is 35.1 Å². The van der Waals surface area contributed by atoms with E-state index in [1.165, 1.54) is 9.80 Å². The van der Waals surface area contributed by atoms with Crippen molar-refractivity contribution in [2.45, 2.75) is 44.4 Å². The zero-order valence-electron chi connectivity index (χ0n) is 19.7. The maximum atomic E-state index is 14.2. The number of hydrogen-bond acceptors (Lipinski definition) is 6. The van der Waals surface area contributed by atoms with Crippen molar-refractivity contribution in [3.8, 4) is 0 Å². The van der Waals surface area contributed by atoms with Crippen molar-refractivity contribution in [1.82, 2.24) is 4.90 Å². The average Bonchev–Trinajstić information content (AvgIpc) is 3.30. The van der Waals surface area contributed by atoms with Gasteiger partial charge in [-0.05, 0) is 38.3 Å². The lowest BCUT2D eigenvalue weighted by Gasteiger charge is -2.37. The maximum absolute atomic E-state index is 14.2. The molecule has 1 aromatic carbocycles. The van der Waals surface area contributed by atoms with E-state index < -0.39 is 41.0 Å². The van der Waals surface area contributed by atoms with Crippen molar-refractivity contribution in [2.24, 2.45) is 17.8 Å². The molecule has 1 aromatic rings. The third kappa shape index (κ3) is 3.38. The molecule has 9 heteroatoms. The SMILES string of the molecule is C=CCN(C(=O)C1N(CCO)C(=O)[C@@H]2[C@@H](C(=O)OCC)[C@]3(C)OC12CC3C)c1ccccc1Cl. The van der Waals surface area contributed by atoms with Gasteiger partial charge >= 0.3 is 5.97 Å². The molecule has 2 bridgehead atoms. The van der Waals surface area contributed by atoms with Crippen molar-refractivity contribution < 1.29 is 29.0 Å². The molecule has 0 aliphatic carbocycles. The van der Waals surface area contributed by atoms with Crippen LogP contribution >= 0.6 is 11.6 Å². The summed E-state index contributed by atoms with van der Waals surface area (Å²) >= 11 is 6.42. The normalized spacial score (nSPS) is 33.7. The number of benzene rings is 1.